The third kappa shape index (κ3) is 5.88. The standard InChI is InChI=1S/C21H21ClN4O6/c1-29-16-8-7-13(11-17(16)30-2)19-25-21(32-26-19)20(28)24-10-9-23-18(27)12-31-15-6-4-3-5-14(15)22/h3-8,11H,9-10,12H2,1-2H3,(H,23,27)(H,24,28). The molecule has 32 heavy (non-hydrogen) atoms. The highest BCUT2D eigenvalue weighted by molar-refractivity contribution is 6.32. The van der Waals surface area contributed by atoms with Gasteiger partial charge in [-0.1, -0.05) is 28.9 Å². The Morgan fingerprint density at radius 1 is 1.00 bits per heavy atom. The average Bonchev–Trinajstić information content (AvgIpc) is 3.31. The van der Waals surface area contributed by atoms with Crippen molar-refractivity contribution in [3.63, 3.8) is 0 Å². The number of carbonyl (C=O) groups is 2. The normalized spacial score (nSPS) is 10.3. The molecule has 11 heteroatoms. The molecule has 0 spiro atoms. The van der Waals surface area contributed by atoms with Crippen LogP contribution >= 0.6 is 11.6 Å². The molecule has 0 unspecified atom stereocenters. The Bertz CT molecular complexity index is 1090. The number of para-hydroxylation sites is 1. The lowest BCUT2D eigenvalue weighted by atomic mass is 10.2. The first kappa shape index (κ1) is 22.9. The number of benzene rings is 2. The molecule has 3 rings (SSSR count). The van der Waals surface area contributed by atoms with Crippen LogP contribution in [-0.2, 0) is 4.79 Å². The summed E-state index contributed by atoms with van der Waals surface area (Å²) >= 11 is 5.96. The Hall–Kier alpha value is -3.79. The highest BCUT2D eigenvalue weighted by atomic mass is 35.5. The van der Waals surface area contributed by atoms with Gasteiger partial charge in [0.1, 0.15) is 5.75 Å². The number of carbonyl (C=O) groups excluding carboxylic acids is 2. The van der Waals surface area contributed by atoms with Crippen LogP contribution in [0.1, 0.15) is 10.7 Å². The number of ether oxygens (including phenoxy) is 3. The summed E-state index contributed by atoms with van der Waals surface area (Å²) in [6.45, 7) is 0.147. The summed E-state index contributed by atoms with van der Waals surface area (Å²) in [4.78, 5) is 28.1. The second-order valence-electron chi connectivity index (χ2n) is 6.32. The Morgan fingerprint density at radius 3 is 2.50 bits per heavy atom. The number of rotatable bonds is 10. The van der Waals surface area contributed by atoms with E-state index < -0.39 is 5.91 Å². The molecule has 0 aliphatic rings. The van der Waals surface area contributed by atoms with Gasteiger partial charge in [-0.2, -0.15) is 4.98 Å². The number of methoxy groups -OCH3 is 2. The SMILES string of the molecule is COc1ccc(-c2noc(C(=O)NCCNC(=O)COc3ccccc3Cl)n2)cc1OC. The number of halogens is 1. The lowest BCUT2D eigenvalue weighted by molar-refractivity contribution is -0.123. The van der Waals surface area contributed by atoms with Gasteiger partial charge >= 0.3 is 11.8 Å². The van der Waals surface area contributed by atoms with Crippen LogP contribution in [0.25, 0.3) is 11.4 Å². The predicted molar refractivity (Wildman–Crippen MR) is 115 cm³/mol. The molecular formula is C21H21ClN4O6. The van der Waals surface area contributed by atoms with Gasteiger partial charge in [0.25, 0.3) is 5.91 Å². The van der Waals surface area contributed by atoms with Crippen LogP contribution in [0.4, 0.5) is 0 Å². The Balaban J connectivity index is 1.44. The number of nitrogens with one attached hydrogen (secondary N) is 2. The van der Waals surface area contributed by atoms with Crippen molar-refractivity contribution in [3.8, 4) is 28.6 Å². The van der Waals surface area contributed by atoms with E-state index >= 15 is 0 Å². The smallest absolute Gasteiger partial charge is 0.316 e. The summed E-state index contributed by atoms with van der Waals surface area (Å²) in [6.07, 6.45) is 0. The van der Waals surface area contributed by atoms with Gasteiger partial charge in [0.05, 0.1) is 19.2 Å². The minimum absolute atomic E-state index is 0.157. The highest BCUT2D eigenvalue weighted by Gasteiger charge is 2.17. The van der Waals surface area contributed by atoms with Crippen molar-refractivity contribution in [1.82, 2.24) is 20.8 Å². The molecule has 3 aromatic rings. The quantitative estimate of drug-likeness (QED) is 0.442. The fourth-order valence-corrected chi connectivity index (χ4v) is 2.81. The number of aromatic nitrogens is 2. The van der Waals surface area contributed by atoms with E-state index in [0.717, 1.165) is 0 Å². The zero-order valence-corrected chi connectivity index (χ0v) is 18.1. The molecule has 2 N–H and O–H groups in total. The van der Waals surface area contributed by atoms with E-state index in [1.165, 1.54) is 14.2 Å². The summed E-state index contributed by atoms with van der Waals surface area (Å²) in [7, 11) is 3.04. The van der Waals surface area contributed by atoms with E-state index in [1.807, 2.05) is 0 Å². The van der Waals surface area contributed by atoms with Gasteiger partial charge in [-0.25, -0.2) is 0 Å². The first-order valence-electron chi connectivity index (χ1n) is 9.50. The summed E-state index contributed by atoms with van der Waals surface area (Å²) in [6, 6.07) is 11.9. The maximum absolute atomic E-state index is 12.2. The molecule has 0 fully saturated rings. The monoisotopic (exact) mass is 460 g/mol. The van der Waals surface area contributed by atoms with Crippen LogP contribution in [0.5, 0.6) is 17.2 Å². The van der Waals surface area contributed by atoms with Crippen LogP contribution in [0.3, 0.4) is 0 Å². The third-order valence-electron chi connectivity index (χ3n) is 4.19. The van der Waals surface area contributed by atoms with Crippen LogP contribution in [0.2, 0.25) is 5.02 Å². The lowest BCUT2D eigenvalue weighted by Crippen LogP contribution is -2.36. The largest absolute Gasteiger partial charge is 0.493 e. The van der Waals surface area contributed by atoms with E-state index in [9.17, 15) is 9.59 Å². The fraction of sp³-hybridized carbons (Fsp3) is 0.238. The maximum atomic E-state index is 12.2. The Kier molecular flexibility index (Phi) is 7.87. The Morgan fingerprint density at radius 2 is 1.75 bits per heavy atom. The molecule has 0 radical (unpaired) electrons. The van der Waals surface area contributed by atoms with Crippen LogP contribution in [-0.4, -0.2) is 55.9 Å². The maximum Gasteiger partial charge on any atom is 0.316 e. The molecule has 0 aliphatic carbocycles. The topological polar surface area (TPSA) is 125 Å². The summed E-state index contributed by atoms with van der Waals surface area (Å²) in [5.41, 5.74) is 0.594. The van der Waals surface area contributed by atoms with Crippen LogP contribution in [0, 0.1) is 0 Å². The molecule has 2 amide bonds. The zero-order chi connectivity index (χ0) is 22.9. The fourth-order valence-electron chi connectivity index (χ4n) is 2.62. The molecule has 0 saturated carbocycles. The summed E-state index contributed by atoms with van der Waals surface area (Å²) in [5.74, 6) is 0.564. The molecular weight excluding hydrogens is 440 g/mol. The van der Waals surface area contributed by atoms with E-state index in [4.69, 9.17) is 30.3 Å². The second kappa shape index (κ2) is 11.0. The number of hydrogen-bond donors (Lipinski definition) is 2. The van der Waals surface area contributed by atoms with Crippen molar-refractivity contribution < 1.29 is 28.3 Å². The lowest BCUT2D eigenvalue weighted by Gasteiger charge is -2.08. The van der Waals surface area contributed by atoms with Gasteiger partial charge in [-0.3, -0.25) is 9.59 Å². The molecule has 0 atom stereocenters. The van der Waals surface area contributed by atoms with Gasteiger partial charge in [0.15, 0.2) is 18.1 Å². The van der Waals surface area contributed by atoms with Crippen molar-refractivity contribution >= 4 is 23.4 Å². The first-order chi connectivity index (χ1) is 15.5. The van der Waals surface area contributed by atoms with Crippen molar-refractivity contribution in [1.29, 1.82) is 0 Å². The third-order valence-corrected chi connectivity index (χ3v) is 4.50. The zero-order valence-electron chi connectivity index (χ0n) is 17.4. The van der Waals surface area contributed by atoms with Crippen molar-refractivity contribution in [3.05, 3.63) is 53.4 Å². The number of amides is 2. The molecule has 2 aromatic carbocycles. The highest BCUT2D eigenvalue weighted by Crippen LogP contribution is 2.31. The van der Waals surface area contributed by atoms with E-state index in [2.05, 4.69) is 20.8 Å². The first-order valence-corrected chi connectivity index (χ1v) is 9.88. The minimum Gasteiger partial charge on any atom is -0.493 e. The van der Waals surface area contributed by atoms with Crippen molar-refractivity contribution in [2.24, 2.45) is 0 Å². The van der Waals surface area contributed by atoms with Gasteiger partial charge in [-0.05, 0) is 30.3 Å². The molecule has 168 valence electrons. The van der Waals surface area contributed by atoms with Gasteiger partial charge < -0.3 is 29.4 Å². The molecule has 1 heterocycles. The van der Waals surface area contributed by atoms with Gasteiger partial charge in [-0.15, -0.1) is 0 Å². The molecule has 0 bridgehead atoms. The summed E-state index contributed by atoms with van der Waals surface area (Å²) in [5, 5.41) is 9.44. The minimum atomic E-state index is -0.564. The summed E-state index contributed by atoms with van der Waals surface area (Å²) < 4.78 is 20.8. The predicted octanol–water partition coefficient (Wildman–Crippen LogP) is 2.33. The van der Waals surface area contributed by atoms with Crippen molar-refractivity contribution in [2.45, 2.75) is 0 Å². The van der Waals surface area contributed by atoms with Crippen molar-refractivity contribution in [2.75, 3.05) is 33.9 Å². The second-order valence-corrected chi connectivity index (χ2v) is 6.73. The van der Waals surface area contributed by atoms with E-state index in [1.54, 1.807) is 42.5 Å². The average molecular weight is 461 g/mol. The molecule has 1 aromatic heterocycles. The molecule has 10 nitrogen and oxygen atoms in total. The molecule has 0 saturated heterocycles. The van der Waals surface area contributed by atoms with Crippen LogP contribution < -0.4 is 24.8 Å². The Labute approximate surface area is 188 Å². The van der Waals surface area contributed by atoms with Gasteiger partial charge in [0, 0.05) is 18.7 Å². The molecule has 0 aliphatic heterocycles. The number of nitrogens with zero attached hydrogens (tertiary/aromatic N) is 2. The van der Waals surface area contributed by atoms with Crippen LogP contribution in [0.15, 0.2) is 47.0 Å². The number of hydrogen-bond acceptors (Lipinski definition) is 8. The van der Waals surface area contributed by atoms with Gasteiger partial charge in [0.2, 0.25) is 5.82 Å². The van der Waals surface area contributed by atoms with E-state index in [-0.39, 0.29) is 37.3 Å². The van der Waals surface area contributed by atoms with E-state index in [0.29, 0.717) is 27.8 Å².